The predicted molar refractivity (Wildman–Crippen MR) is 67.6 cm³/mol. The van der Waals surface area contributed by atoms with E-state index in [4.69, 9.17) is 0 Å². The molecule has 96 valence electrons. The zero-order valence-corrected chi connectivity index (χ0v) is 11.0. The van der Waals surface area contributed by atoms with Crippen LogP contribution in [0.4, 0.5) is 0 Å². The van der Waals surface area contributed by atoms with Gasteiger partial charge in [-0.1, -0.05) is 13.8 Å². The highest BCUT2D eigenvalue weighted by Gasteiger charge is 2.46. The van der Waals surface area contributed by atoms with E-state index < -0.39 is 0 Å². The number of piperidine rings is 2. The van der Waals surface area contributed by atoms with Gasteiger partial charge in [-0.3, -0.25) is 4.79 Å². The van der Waals surface area contributed by atoms with E-state index in [1.807, 2.05) is 0 Å². The highest BCUT2D eigenvalue weighted by molar-refractivity contribution is 5.83. The zero-order chi connectivity index (χ0) is 12.0. The first-order chi connectivity index (χ1) is 8.08. The summed E-state index contributed by atoms with van der Waals surface area (Å²) in [6.07, 6.45) is 6.21. The summed E-state index contributed by atoms with van der Waals surface area (Å²) in [6, 6.07) is 0.614. The van der Waals surface area contributed by atoms with Crippen molar-refractivity contribution in [2.45, 2.75) is 58.0 Å². The fourth-order valence-corrected chi connectivity index (χ4v) is 3.99. The number of rotatable bonds is 1. The van der Waals surface area contributed by atoms with Crippen LogP contribution in [0.1, 0.15) is 46.0 Å². The summed E-state index contributed by atoms with van der Waals surface area (Å²) in [7, 11) is 0. The molecule has 0 spiro atoms. The Labute approximate surface area is 104 Å². The third kappa shape index (κ3) is 1.88. The van der Waals surface area contributed by atoms with Crippen molar-refractivity contribution in [1.29, 1.82) is 0 Å². The van der Waals surface area contributed by atoms with Crippen molar-refractivity contribution < 1.29 is 4.79 Å². The van der Waals surface area contributed by atoms with Crippen molar-refractivity contribution in [3.63, 3.8) is 0 Å². The Balaban J connectivity index is 1.73. The average molecular weight is 236 g/mol. The van der Waals surface area contributed by atoms with Gasteiger partial charge in [-0.2, -0.15) is 0 Å². The Morgan fingerprint density at radius 1 is 1.35 bits per heavy atom. The minimum Gasteiger partial charge on any atom is -0.338 e. The Morgan fingerprint density at radius 2 is 2.18 bits per heavy atom. The number of hydrogen-bond acceptors (Lipinski definition) is 2. The van der Waals surface area contributed by atoms with Gasteiger partial charge in [-0.05, 0) is 50.0 Å². The van der Waals surface area contributed by atoms with Crippen LogP contribution in [0.3, 0.4) is 0 Å². The number of fused-ring (bicyclic) bond motifs is 2. The molecule has 3 nitrogen and oxygen atoms in total. The minimum absolute atomic E-state index is 0.0515. The third-order valence-electron chi connectivity index (χ3n) is 5.07. The lowest BCUT2D eigenvalue weighted by Crippen LogP contribution is -2.57. The lowest BCUT2D eigenvalue weighted by atomic mass is 9.77. The lowest BCUT2D eigenvalue weighted by Gasteiger charge is -2.41. The van der Waals surface area contributed by atoms with Crippen molar-refractivity contribution >= 4 is 5.91 Å². The molecule has 1 aliphatic carbocycles. The number of carbonyl (C=O) groups is 1. The fraction of sp³-hybridized carbons (Fsp3) is 0.929. The topological polar surface area (TPSA) is 32.3 Å². The van der Waals surface area contributed by atoms with Crippen LogP contribution < -0.4 is 5.32 Å². The predicted octanol–water partition coefficient (Wildman–Crippen LogP) is 1.78. The molecule has 0 radical (unpaired) electrons. The van der Waals surface area contributed by atoms with E-state index >= 15 is 0 Å². The number of carbonyl (C=O) groups excluding carboxylic acids is 1. The van der Waals surface area contributed by atoms with Gasteiger partial charge >= 0.3 is 0 Å². The van der Waals surface area contributed by atoms with Crippen molar-refractivity contribution in [2.75, 3.05) is 13.1 Å². The molecule has 2 heterocycles. The monoisotopic (exact) mass is 236 g/mol. The number of amides is 1. The largest absolute Gasteiger partial charge is 0.338 e. The summed E-state index contributed by atoms with van der Waals surface area (Å²) in [4.78, 5) is 14.8. The van der Waals surface area contributed by atoms with Crippen LogP contribution in [-0.2, 0) is 4.79 Å². The SMILES string of the molecule is CC1(C)CCCNC1C(=O)N1CC2CCC1C2. The molecule has 17 heavy (non-hydrogen) atoms. The van der Waals surface area contributed by atoms with Gasteiger partial charge in [0.2, 0.25) is 5.91 Å². The first kappa shape index (κ1) is 11.5. The standard InChI is InChI=1S/C14H24N2O/c1-14(2)6-3-7-15-12(14)13(17)16-9-10-4-5-11(16)8-10/h10-12,15H,3-9H2,1-2H3. The second-order valence-electron chi connectivity index (χ2n) is 6.80. The van der Waals surface area contributed by atoms with Crippen LogP contribution in [0.15, 0.2) is 0 Å². The lowest BCUT2D eigenvalue weighted by molar-refractivity contribution is -0.139. The Morgan fingerprint density at radius 3 is 2.76 bits per heavy atom. The second-order valence-corrected chi connectivity index (χ2v) is 6.80. The summed E-state index contributed by atoms with van der Waals surface area (Å²) < 4.78 is 0. The molecule has 2 saturated heterocycles. The van der Waals surface area contributed by atoms with E-state index in [2.05, 4.69) is 24.1 Å². The minimum atomic E-state index is 0.0515. The van der Waals surface area contributed by atoms with Gasteiger partial charge in [0, 0.05) is 12.6 Å². The maximum atomic E-state index is 12.7. The molecule has 2 aliphatic heterocycles. The van der Waals surface area contributed by atoms with Gasteiger partial charge in [0.1, 0.15) is 0 Å². The molecular weight excluding hydrogens is 212 g/mol. The second kappa shape index (κ2) is 3.98. The zero-order valence-electron chi connectivity index (χ0n) is 11.0. The van der Waals surface area contributed by atoms with E-state index in [9.17, 15) is 4.79 Å². The van der Waals surface area contributed by atoms with Gasteiger partial charge in [-0.15, -0.1) is 0 Å². The molecule has 3 aliphatic rings. The number of hydrogen-bond donors (Lipinski definition) is 1. The first-order valence-electron chi connectivity index (χ1n) is 7.12. The molecule has 3 unspecified atom stereocenters. The van der Waals surface area contributed by atoms with Crippen LogP contribution in [0, 0.1) is 11.3 Å². The Hall–Kier alpha value is -0.570. The molecule has 0 aromatic rings. The summed E-state index contributed by atoms with van der Waals surface area (Å²) in [5.74, 6) is 1.18. The molecule has 1 amide bonds. The molecule has 3 rings (SSSR count). The van der Waals surface area contributed by atoms with Crippen LogP contribution in [0.25, 0.3) is 0 Å². The molecule has 3 heteroatoms. The Bertz CT molecular complexity index is 326. The molecule has 1 N–H and O–H groups in total. The van der Waals surface area contributed by atoms with Crippen LogP contribution in [0.5, 0.6) is 0 Å². The highest BCUT2D eigenvalue weighted by atomic mass is 16.2. The van der Waals surface area contributed by atoms with E-state index in [1.54, 1.807) is 0 Å². The normalized spacial score (nSPS) is 39.6. The van der Waals surface area contributed by atoms with E-state index in [-0.39, 0.29) is 11.5 Å². The molecule has 0 aromatic carbocycles. The number of likely N-dealkylation sites (tertiary alicyclic amines) is 1. The smallest absolute Gasteiger partial charge is 0.240 e. The molecule has 2 bridgehead atoms. The quantitative estimate of drug-likeness (QED) is 0.752. The molecule has 0 aromatic heterocycles. The van der Waals surface area contributed by atoms with Gasteiger partial charge in [0.25, 0.3) is 0 Å². The molecular formula is C14H24N2O. The summed E-state index contributed by atoms with van der Waals surface area (Å²) in [5, 5.41) is 3.45. The highest BCUT2D eigenvalue weighted by Crippen LogP contribution is 2.39. The van der Waals surface area contributed by atoms with Crippen molar-refractivity contribution in [3.05, 3.63) is 0 Å². The fourth-order valence-electron chi connectivity index (χ4n) is 3.99. The number of nitrogens with one attached hydrogen (secondary N) is 1. The van der Waals surface area contributed by atoms with Crippen LogP contribution >= 0.6 is 0 Å². The maximum Gasteiger partial charge on any atom is 0.240 e. The molecule has 1 saturated carbocycles. The maximum absolute atomic E-state index is 12.7. The van der Waals surface area contributed by atoms with E-state index in [1.165, 1.54) is 32.1 Å². The van der Waals surface area contributed by atoms with E-state index in [0.29, 0.717) is 11.9 Å². The average Bonchev–Trinajstić information content (AvgIpc) is 2.89. The van der Waals surface area contributed by atoms with Crippen LogP contribution in [-0.4, -0.2) is 36.0 Å². The Kier molecular flexibility index (Phi) is 2.69. The van der Waals surface area contributed by atoms with Gasteiger partial charge in [0.15, 0.2) is 0 Å². The van der Waals surface area contributed by atoms with Gasteiger partial charge in [0.05, 0.1) is 6.04 Å². The summed E-state index contributed by atoms with van der Waals surface area (Å²) >= 11 is 0. The first-order valence-corrected chi connectivity index (χ1v) is 7.12. The third-order valence-corrected chi connectivity index (χ3v) is 5.07. The van der Waals surface area contributed by atoms with E-state index in [0.717, 1.165) is 19.0 Å². The molecule has 3 atom stereocenters. The van der Waals surface area contributed by atoms with Crippen LogP contribution in [0.2, 0.25) is 0 Å². The van der Waals surface area contributed by atoms with Gasteiger partial charge in [-0.25, -0.2) is 0 Å². The van der Waals surface area contributed by atoms with Crippen molar-refractivity contribution in [3.8, 4) is 0 Å². The summed E-state index contributed by atoms with van der Waals surface area (Å²) in [5.41, 5.74) is 0.122. The van der Waals surface area contributed by atoms with Crippen molar-refractivity contribution in [1.82, 2.24) is 10.2 Å². The summed E-state index contributed by atoms with van der Waals surface area (Å²) in [6.45, 7) is 6.49. The number of nitrogens with zero attached hydrogens (tertiary/aromatic N) is 1. The molecule has 3 fully saturated rings. The van der Waals surface area contributed by atoms with Gasteiger partial charge < -0.3 is 10.2 Å². The van der Waals surface area contributed by atoms with Crippen molar-refractivity contribution in [2.24, 2.45) is 11.3 Å².